The minimum absolute atomic E-state index is 0.323. The summed E-state index contributed by atoms with van der Waals surface area (Å²) in [5, 5.41) is 12.6. The molecule has 0 saturated heterocycles. The Labute approximate surface area is 114 Å². The Morgan fingerprint density at radius 2 is 1.83 bits per heavy atom. The van der Waals surface area contributed by atoms with Crippen molar-refractivity contribution in [2.75, 3.05) is 6.61 Å². The highest BCUT2D eigenvalue weighted by Gasteiger charge is 2.31. The maximum Gasteiger partial charge on any atom is 0.0431 e. The fourth-order valence-corrected chi connectivity index (χ4v) is 3.21. The van der Waals surface area contributed by atoms with Gasteiger partial charge in [-0.1, -0.05) is 27.2 Å². The number of hydrogen-bond acceptors (Lipinski definition) is 2. The molecule has 1 unspecified atom stereocenters. The predicted octanol–water partition coefficient (Wildman–Crippen LogP) is 3.73. The normalized spacial score (nSPS) is 27.2. The average molecular weight is 255 g/mol. The van der Waals surface area contributed by atoms with Crippen LogP contribution in [-0.4, -0.2) is 23.8 Å². The van der Waals surface area contributed by atoms with Crippen molar-refractivity contribution in [3.63, 3.8) is 0 Å². The first kappa shape index (κ1) is 16.0. The third-order valence-corrected chi connectivity index (χ3v) is 5.06. The second-order valence-corrected chi connectivity index (χ2v) is 6.82. The summed E-state index contributed by atoms with van der Waals surface area (Å²) in [5.74, 6) is 0.910. The smallest absolute Gasteiger partial charge is 0.0431 e. The van der Waals surface area contributed by atoms with E-state index in [2.05, 4.69) is 33.0 Å². The SMILES string of the molecule is CCC(C)(C)C1CCC(NC(C)CCCO)CC1. The van der Waals surface area contributed by atoms with Crippen LogP contribution in [0.25, 0.3) is 0 Å². The molecule has 1 aliphatic rings. The van der Waals surface area contributed by atoms with E-state index in [1.165, 1.54) is 32.1 Å². The van der Waals surface area contributed by atoms with E-state index >= 15 is 0 Å². The molecule has 0 radical (unpaired) electrons. The van der Waals surface area contributed by atoms with Gasteiger partial charge in [-0.15, -0.1) is 0 Å². The lowest BCUT2D eigenvalue weighted by Gasteiger charge is -2.39. The van der Waals surface area contributed by atoms with Gasteiger partial charge in [0.25, 0.3) is 0 Å². The molecule has 0 spiro atoms. The molecule has 0 aromatic heterocycles. The Hall–Kier alpha value is -0.0800. The number of rotatable bonds is 7. The third-order valence-electron chi connectivity index (χ3n) is 5.06. The minimum Gasteiger partial charge on any atom is -0.396 e. The highest BCUT2D eigenvalue weighted by atomic mass is 16.2. The summed E-state index contributed by atoms with van der Waals surface area (Å²) in [6, 6.07) is 1.26. The second kappa shape index (κ2) is 7.49. The van der Waals surface area contributed by atoms with Gasteiger partial charge in [-0.2, -0.15) is 0 Å². The highest BCUT2D eigenvalue weighted by Crippen LogP contribution is 2.40. The fraction of sp³-hybridized carbons (Fsp3) is 1.00. The molecule has 0 aromatic carbocycles. The third kappa shape index (κ3) is 4.89. The van der Waals surface area contributed by atoms with Crippen molar-refractivity contribution in [1.82, 2.24) is 5.32 Å². The van der Waals surface area contributed by atoms with Gasteiger partial charge in [0.15, 0.2) is 0 Å². The molecular formula is C16H33NO. The minimum atomic E-state index is 0.323. The van der Waals surface area contributed by atoms with Crippen molar-refractivity contribution in [2.45, 2.75) is 84.7 Å². The van der Waals surface area contributed by atoms with Crippen molar-refractivity contribution in [1.29, 1.82) is 0 Å². The number of aliphatic hydroxyl groups is 1. The standard InChI is InChI=1S/C16H33NO/c1-5-16(3,4)14-8-10-15(11-9-14)17-13(2)7-6-12-18/h13-15,17-18H,5-12H2,1-4H3. The Morgan fingerprint density at radius 1 is 1.22 bits per heavy atom. The first-order valence-electron chi connectivity index (χ1n) is 7.86. The van der Waals surface area contributed by atoms with Gasteiger partial charge in [-0.25, -0.2) is 0 Å². The van der Waals surface area contributed by atoms with Gasteiger partial charge in [0, 0.05) is 18.7 Å². The van der Waals surface area contributed by atoms with E-state index < -0.39 is 0 Å². The summed E-state index contributed by atoms with van der Waals surface area (Å²) >= 11 is 0. The first-order chi connectivity index (χ1) is 8.49. The van der Waals surface area contributed by atoms with Crippen LogP contribution in [0.3, 0.4) is 0 Å². The van der Waals surface area contributed by atoms with E-state index in [9.17, 15) is 0 Å². The summed E-state index contributed by atoms with van der Waals surface area (Å²) in [5.41, 5.74) is 0.521. The molecule has 1 saturated carbocycles. The van der Waals surface area contributed by atoms with E-state index in [1.54, 1.807) is 0 Å². The van der Waals surface area contributed by atoms with Crippen LogP contribution < -0.4 is 5.32 Å². The molecule has 1 aliphatic carbocycles. The summed E-state index contributed by atoms with van der Waals surface area (Å²) in [6.07, 6.45) is 8.73. The summed E-state index contributed by atoms with van der Waals surface area (Å²) in [6.45, 7) is 9.74. The summed E-state index contributed by atoms with van der Waals surface area (Å²) in [7, 11) is 0. The molecular weight excluding hydrogens is 222 g/mol. The molecule has 0 amide bonds. The van der Waals surface area contributed by atoms with Crippen molar-refractivity contribution in [3.8, 4) is 0 Å². The highest BCUT2D eigenvalue weighted by molar-refractivity contribution is 4.85. The molecule has 1 atom stereocenters. The van der Waals surface area contributed by atoms with Crippen molar-refractivity contribution in [2.24, 2.45) is 11.3 Å². The monoisotopic (exact) mass is 255 g/mol. The lowest BCUT2D eigenvalue weighted by Crippen LogP contribution is -2.41. The zero-order valence-electron chi connectivity index (χ0n) is 12.8. The van der Waals surface area contributed by atoms with Gasteiger partial charge in [-0.05, 0) is 56.8 Å². The summed E-state index contributed by atoms with van der Waals surface area (Å²) in [4.78, 5) is 0. The largest absolute Gasteiger partial charge is 0.396 e. The quantitative estimate of drug-likeness (QED) is 0.726. The molecule has 108 valence electrons. The number of hydrogen-bond donors (Lipinski definition) is 2. The maximum absolute atomic E-state index is 8.84. The Bertz CT molecular complexity index is 219. The fourth-order valence-electron chi connectivity index (χ4n) is 3.21. The van der Waals surface area contributed by atoms with Gasteiger partial charge < -0.3 is 10.4 Å². The van der Waals surface area contributed by atoms with Crippen LogP contribution in [-0.2, 0) is 0 Å². The van der Waals surface area contributed by atoms with E-state index in [4.69, 9.17) is 5.11 Å². The number of nitrogens with one attached hydrogen (secondary N) is 1. The lowest BCUT2D eigenvalue weighted by molar-refractivity contribution is 0.133. The van der Waals surface area contributed by atoms with Crippen LogP contribution in [0, 0.1) is 11.3 Å². The Kier molecular flexibility index (Phi) is 6.65. The Morgan fingerprint density at radius 3 is 2.33 bits per heavy atom. The van der Waals surface area contributed by atoms with Gasteiger partial charge in [0.2, 0.25) is 0 Å². The van der Waals surface area contributed by atoms with Gasteiger partial charge >= 0.3 is 0 Å². The molecule has 18 heavy (non-hydrogen) atoms. The van der Waals surface area contributed by atoms with E-state index in [1.807, 2.05) is 0 Å². The van der Waals surface area contributed by atoms with Crippen molar-refractivity contribution < 1.29 is 5.11 Å². The van der Waals surface area contributed by atoms with Gasteiger partial charge in [0.05, 0.1) is 0 Å². The van der Waals surface area contributed by atoms with Gasteiger partial charge in [0.1, 0.15) is 0 Å². The van der Waals surface area contributed by atoms with Gasteiger partial charge in [-0.3, -0.25) is 0 Å². The maximum atomic E-state index is 8.84. The first-order valence-corrected chi connectivity index (χ1v) is 7.86. The van der Waals surface area contributed by atoms with Crippen LogP contribution in [0.5, 0.6) is 0 Å². The average Bonchev–Trinajstić information content (AvgIpc) is 2.37. The molecule has 1 rings (SSSR count). The van der Waals surface area contributed by atoms with E-state index in [-0.39, 0.29) is 0 Å². The van der Waals surface area contributed by atoms with Crippen LogP contribution in [0.4, 0.5) is 0 Å². The van der Waals surface area contributed by atoms with Crippen LogP contribution >= 0.6 is 0 Å². The molecule has 0 heterocycles. The van der Waals surface area contributed by atoms with E-state index in [0.29, 0.717) is 24.1 Å². The van der Waals surface area contributed by atoms with Crippen LogP contribution in [0.2, 0.25) is 0 Å². The number of aliphatic hydroxyl groups excluding tert-OH is 1. The van der Waals surface area contributed by atoms with Crippen LogP contribution in [0.1, 0.15) is 72.6 Å². The molecule has 0 aliphatic heterocycles. The second-order valence-electron chi connectivity index (χ2n) is 6.82. The van der Waals surface area contributed by atoms with Crippen molar-refractivity contribution in [3.05, 3.63) is 0 Å². The summed E-state index contributed by atoms with van der Waals surface area (Å²) < 4.78 is 0. The molecule has 2 nitrogen and oxygen atoms in total. The van der Waals surface area contributed by atoms with E-state index in [0.717, 1.165) is 18.8 Å². The molecule has 2 heteroatoms. The molecule has 0 aromatic rings. The predicted molar refractivity (Wildman–Crippen MR) is 78.7 cm³/mol. The Balaban J connectivity index is 2.27. The zero-order chi connectivity index (χ0) is 13.6. The molecule has 0 bridgehead atoms. The molecule has 2 N–H and O–H groups in total. The van der Waals surface area contributed by atoms with Crippen molar-refractivity contribution >= 4 is 0 Å². The topological polar surface area (TPSA) is 32.3 Å². The van der Waals surface area contributed by atoms with Crippen LogP contribution in [0.15, 0.2) is 0 Å². The lowest BCUT2D eigenvalue weighted by atomic mass is 9.69. The zero-order valence-corrected chi connectivity index (χ0v) is 12.8. The molecule has 1 fully saturated rings.